The second kappa shape index (κ2) is 6.52. The zero-order valence-corrected chi connectivity index (χ0v) is 12.3. The SMILES string of the molecule is CC(C)N1CCC(CNC(=O)CCS(C)(=O)=O)C1. The van der Waals surface area contributed by atoms with E-state index < -0.39 is 9.84 Å². The van der Waals surface area contributed by atoms with Crippen molar-refractivity contribution in [3.05, 3.63) is 0 Å². The molecule has 0 aromatic heterocycles. The third kappa shape index (κ3) is 5.82. The van der Waals surface area contributed by atoms with Crippen molar-refractivity contribution in [3.63, 3.8) is 0 Å². The average Bonchev–Trinajstić information content (AvgIpc) is 2.71. The Morgan fingerprint density at radius 3 is 2.61 bits per heavy atom. The number of carbonyl (C=O) groups is 1. The van der Waals surface area contributed by atoms with Gasteiger partial charge in [0.05, 0.1) is 5.75 Å². The fourth-order valence-electron chi connectivity index (χ4n) is 2.12. The summed E-state index contributed by atoms with van der Waals surface area (Å²) in [7, 11) is -3.05. The Balaban J connectivity index is 2.20. The van der Waals surface area contributed by atoms with E-state index in [0.717, 1.165) is 25.8 Å². The van der Waals surface area contributed by atoms with E-state index >= 15 is 0 Å². The van der Waals surface area contributed by atoms with Crippen molar-refractivity contribution >= 4 is 15.7 Å². The molecule has 0 radical (unpaired) electrons. The first-order chi connectivity index (χ1) is 8.28. The normalized spacial score (nSPS) is 21.4. The second-order valence-corrected chi connectivity index (χ2v) is 7.69. The number of likely N-dealkylation sites (tertiary alicyclic amines) is 1. The largest absolute Gasteiger partial charge is 0.356 e. The standard InChI is InChI=1S/C12H24N2O3S/c1-10(2)14-6-4-11(9-14)8-13-12(15)5-7-18(3,16)17/h10-11H,4-9H2,1-3H3,(H,13,15). The molecule has 1 heterocycles. The van der Waals surface area contributed by atoms with Crippen molar-refractivity contribution in [1.29, 1.82) is 0 Å². The molecule has 1 N–H and O–H groups in total. The lowest BCUT2D eigenvalue weighted by Crippen LogP contribution is -2.33. The number of amides is 1. The summed E-state index contributed by atoms with van der Waals surface area (Å²) < 4.78 is 21.9. The highest BCUT2D eigenvalue weighted by atomic mass is 32.2. The Labute approximate surface area is 110 Å². The summed E-state index contributed by atoms with van der Waals surface area (Å²) in [5.74, 6) is 0.264. The first kappa shape index (κ1) is 15.4. The summed E-state index contributed by atoms with van der Waals surface area (Å²) in [6.07, 6.45) is 2.32. The highest BCUT2D eigenvalue weighted by molar-refractivity contribution is 7.90. The molecule has 0 bridgehead atoms. The van der Waals surface area contributed by atoms with Gasteiger partial charge in [0.2, 0.25) is 5.91 Å². The van der Waals surface area contributed by atoms with E-state index in [1.807, 2.05) is 0 Å². The molecule has 1 unspecified atom stereocenters. The summed E-state index contributed by atoms with van der Waals surface area (Å²) >= 11 is 0. The molecule has 1 aliphatic rings. The van der Waals surface area contributed by atoms with Gasteiger partial charge in [-0.2, -0.15) is 0 Å². The van der Waals surface area contributed by atoms with E-state index in [4.69, 9.17) is 0 Å². The van der Waals surface area contributed by atoms with E-state index in [2.05, 4.69) is 24.1 Å². The number of nitrogens with one attached hydrogen (secondary N) is 1. The number of carbonyl (C=O) groups excluding carboxylic acids is 1. The van der Waals surface area contributed by atoms with E-state index in [1.165, 1.54) is 0 Å². The topological polar surface area (TPSA) is 66.5 Å². The van der Waals surface area contributed by atoms with Crippen molar-refractivity contribution in [2.45, 2.75) is 32.7 Å². The van der Waals surface area contributed by atoms with Gasteiger partial charge in [-0.3, -0.25) is 4.79 Å². The number of sulfone groups is 1. The molecule has 1 aliphatic heterocycles. The molecule has 1 rings (SSSR count). The summed E-state index contributed by atoms with van der Waals surface area (Å²) in [5, 5.41) is 2.83. The molecule has 1 atom stereocenters. The predicted octanol–water partition coefficient (Wildman–Crippen LogP) is 0.268. The molecular formula is C12H24N2O3S. The van der Waals surface area contributed by atoms with Crippen molar-refractivity contribution in [2.75, 3.05) is 31.6 Å². The zero-order chi connectivity index (χ0) is 13.8. The smallest absolute Gasteiger partial charge is 0.221 e. The quantitative estimate of drug-likeness (QED) is 0.756. The fraction of sp³-hybridized carbons (Fsp3) is 0.917. The molecule has 18 heavy (non-hydrogen) atoms. The first-order valence-corrected chi connectivity index (χ1v) is 8.52. The summed E-state index contributed by atoms with van der Waals surface area (Å²) in [5.41, 5.74) is 0. The van der Waals surface area contributed by atoms with Crippen LogP contribution < -0.4 is 5.32 Å². The molecule has 0 aromatic rings. The van der Waals surface area contributed by atoms with Crippen LogP contribution in [0.5, 0.6) is 0 Å². The minimum absolute atomic E-state index is 0.0678. The van der Waals surface area contributed by atoms with Gasteiger partial charge < -0.3 is 10.2 Å². The monoisotopic (exact) mass is 276 g/mol. The van der Waals surface area contributed by atoms with Gasteiger partial charge in [-0.1, -0.05) is 0 Å². The van der Waals surface area contributed by atoms with Crippen LogP contribution in [0.1, 0.15) is 26.7 Å². The van der Waals surface area contributed by atoms with Crippen LogP contribution in [0.2, 0.25) is 0 Å². The molecule has 0 saturated carbocycles. The predicted molar refractivity (Wildman–Crippen MR) is 72.2 cm³/mol. The van der Waals surface area contributed by atoms with Gasteiger partial charge in [-0.05, 0) is 32.7 Å². The number of hydrogen-bond donors (Lipinski definition) is 1. The van der Waals surface area contributed by atoms with Crippen LogP contribution in [0.4, 0.5) is 0 Å². The van der Waals surface area contributed by atoms with E-state index in [-0.39, 0.29) is 18.1 Å². The van der Waals surface area contributed by atoms with Gasteiger partial charge in [-0.15, -0.1) is 0 Å². The van der Waals surface area contributed by atoms with Gasteiger partial charge in [0, 0.05) is 31.8 Å². The minimum Gasteiger partial charge on any atom is -0.356 e. The van der Waals surface area contributed by atoms with Crippen LogP contribution >= 0.6 is 0 Å². The summed E-state index contributed by atoms with van der Waals surface area (Å²) in [6, 6.07) is 0.552. The number of nitrogens with zero attached hydrogens (tertiary/aromatic N) is 1. The van der Waals surface area contributed by atoms with Gasteiger partial charge in [0.25, 0.3) is 0 Å². The Morgan fingerprint density at radius 1 is 1.44 bits per heavy atom. The third-order valence-electron chi connectivity index (χ3n) is 3.34. The molecule has 0 aliphatic carbocycles. The summed E-state index contributed by atoms with van der Waals surface area (Å²) in [4.78, 5) is 13.9. The lowest BCUT2D eigenvalue weighted by atomic mass is 10.1. The molecule has 0 spiro atoms. The molecule has 5 nitrogen and oxygen atoms in total. The first-order valence-electron chi connectivity index (χ1n) is 6.46. The van der Waals surface area contributed by atoms with Crippen molar-refractivity contribution in [1.82, 2.24) is 10.2 Å². The van der Waals surface area contributed by atoms with Crippen LogP contribution in [0.3, 0.4) is 0 Å². The van der Waals surface area contributed by atoms with E-state index in [0.29, 0.717) is 18.5 Å². The highest BCUT2D eigenvalue weighted by Gasteiger charge is 2.24. The Kier molecular flexibility index (Phi) is 5.59. The van der Waals surface area contributed by atoms with Crippen LogP contribution in [0, 0.1) is 5.92 Å². The average molecular weight is 276 g/mol. The minimum atomic E-state index is -3.05. The molecule has 1 fully saturated rings. The maximum absolute atomic E-state index is 11.5. The van der Waals surface area contributed by atoms with Gasteiger partial charge in [-0.25, -0.2) is 8.42 Å². The molecular weight excluding hydrogens is 252 g/mol. The lowest BCUT2D eigenvalue weighted by molar-refractivity contribution is -0.120. The van der Waals surface area contributed by atoms with Crippen molar-refractivity contribution < 1.29 is 13.2 Å². The molecule has 1 amide bonds. The number of hydrogen-bond acceptors (Lipinski definition) is 4. The van der Waals surface area contributed by atoms with Crippen LogP contribution in [-0.4, -0.2) is 56.9 Å². The van der Waals surface area contributed by atoms with Gasteiger partial charge in [0.1, 0.15) is 9.84 Å². The third-order valence-corrected chi connectivity index (χ3v) is 4.28. The van der Waals surface area contributed by atoms with E-state index in [1.54, 1.807) is 0 Å². The van der Waals surface area contributed by atoms with E-state index in [9.17, 15) is 13.2 Å². The Bertz CT molecular complexity index is 379. The van der Waals surface area contributed by atoms with Crippen molar-refractivity contribution in [3.8, 4) is 0 Å². The fourth-order valence-corrected chi connectivity index (χ4v) is 2.68. The van der Waals surface area contributed by atoms with Crippen LogP contribution in [0.15, 0.2) is 0 Å². The lowest BCUT2D eigenvalue weighted by Gasteiger charge is -2.20. The van der Waals surface area contributed by atoms with Crippen LogP contribution in [-0.2, 0) is 14.6 Å². The number of rotatable bonds is 6. The van der Waals surface area contributed by atoms with Gasteiger partial charge in [0.15, 0.2) is 0 Å². The molecule has 0 aromatic carbocycles. The molecule has 6 heteroatoms. The Hall–Kier alpha value is -0.620. The zero-order valence-electron chi connectivity index (χ0n) is 11.5. The maximum Gasteiger partial charge on any atom is 0.221 e. The Morgan fingerprint density at radius 2 is 2.11 bits per heavy atom. The second-order valence-electron chi connectivity index (χ2n) is 5.43. The highest BCUT2D eigenvalue weighted by Crippen LogP contribution is 2.17. The van der Waals surface area contributed by atoms with Gasteiger partial charge >= 0.3 is 0 Å². The molecule has 1 saturated heterocycles. The summed E-state index contributed by atoms with van der Waals surface area (Å²) in [6.45, 7) is 7.11. The maximum atomic E-state index is 11.5. The van der Waals surface area contributed by atoms with Crippen LogP contribution in [0.25, 0.3) is 0 Å². The molecule has 106 valence electrons. The van der Waals surface area contributed by atoms with Crippen molar-refractivity contribution in [2.24, 2.45) is 5.92 Å².